The largest absolute Gasteiger partial charge is 0.491 e. The van der Waals surface area contributed by atoms with Crippen molar-refractivity contribution in [2.75, 3.05) is 4.90 Å². The van der Waals surface area contributed by atoms with Crippen LogP contribution >= 0.6 is 0 Å². The molecule has 2 rings (SSSR count). The van der Waals surface area contributed by atoms with Crippen molar-refractivity contribution in [3.8, 4) is 0 Å². The highest BCUT2D eigenvalue weighted by atomic mass is 19.4. The van der Waals surface area contributed by atoms with Crippen molar-refractivity contribution in [2.24, 2.45) is 0 Å². The molecule has 122 valence electrons. The Hall–Kier alpha value is -2.51. The van der Waals surface area contributed by atoms with Gasteiger partial charge in [-0.3, -0.25) is 4.79 Å². The van der Waals surface area contributed by atoms with Crippen molar-refractivity contribution in [3.63, 3.8) is 0 Å². The molecular weight excluding hydrogens is 324 g/mol. The molecule has 0 saturated heterocycles. The normalized spacial score (nSPS) is 12.1. The highest BCUT2D eigenvalue weighted by Gasteiger charge is 2.43. The Morgan fingerprint density at radius 2 is 1.30 bits per heavy atom. The standard InChI is InChI=1S/C15H9F6NO/c16-14(17,18)11-6-8-12(9-7-11)22(15(19,20)21)13(23)10-4-2-1-3-5-10/h1-9H. The number of anilines is 1. The molecule has 1 amide bonds. The summed E-state index contributed by atoms with van der Waals surface area (Å²) in [6.07, 6.45) is -9.75. The van der Waals surface area contributed by atoms with E-state index in [0.29, 0.717) is 24.3 Å². The maximum absolute atomic E-state index is 13.2. The lowest BCUT2D eigenvalue weighted by molar-refractivity contribution is -0.137. The van der Waals surface area contributed by atoms with Crippen LogP contribution in [0.3, 0.4) is 0 Å². The molecule has 2 aromatic rings. The van der Waals surface area contributed by atoms with Crippen molar-refractivity contribution in [1.29, 1.82) is 0 Å². The van der Waals surface area contributed by atoms with Gasteiger partial charge in [-0.1, -0.05) is 18.2 Å². The van der Waals surface area contributed by atoms with E-state index in [1.54, 1.807) is 0 Å². The molecule has 0 aliphatic rings. The first kappa shape index (κ1) is 16.9. The second-order valence-electron chi connectivity index (χ2n) is 4.52. The highest BCUT2D eigenvalue weighted by molar-refractivity contribution is 6.06. The van der Waals surface area contributed by atoms with Gasteiger partial charge in [0.1, 0.15) is 0 Å². The Labute approximate surface area is 126 Å². The topological polar surface area (TPSA) is 20.3 Å². The fourth-order valence-corrected chi connectivity index (χ4v) is 1.89. The molecule has 8 heteroatoms. The fraction of sp³-hybridized carbons (Fsp3) is 0.133. The van der Waals surface area contributed by atoms with Gasteiger partial charge in [-0.2, -0.15) is 13.2 Å². The van der Waals surface area contributed by atoms with E-state index in [1.807, 2.05) is 0 Å². The van der Waals surface area contributed by atoms with Crippen LogP contribution < -0.4 is 4.90 Å². The summed E-state index contributed by atoms with van der Waals surface area (Å²) in [5.74, 6) is -1.38. The maximum Gasteiger partial charge on any atom is 0.491 e. The molecule has 0 spiro atoms. The Morgan fingerprint density at radius 3 is 1.74 bits per heavy atom. The Bertz CT molecular complexity index is 676. The predicted octanol–water partition coefficient (Wildman–Crippen LogP) is 4.87. The van der Waals surface area contributed by atoms with E-state index >= 15 is 0 Å². The minimum Gasteiger partial charge on any atom is -0.268 e. The number of benzene rings is 2. The Morgan fingerprint density at radius 1 is 0.783 bits per heavy atom. The van der Waals surface area contributed by atoms with Crippen molar-refractivity contribution in [1.82, 2.24) is 0 Å². The zero-order valence-electron chi connectivity index (χ0n) is 11.3. The first-order valence-electron chi connectivity index (χ1n) is 6.24. The molecule has 0 aromatic heterocycles. The zero-order valence-corrected chi connectivity index (χ0v) is 11.3. The number of nitrogens with zero attached hydrogens (tertiary/aromatic N) is 1. The fourth-order valence-electron chi connectivity index (χ4n) is 1.89. The molecule has 23 heavy (non-hydrogen) atoms. The molecule has 0 heterocycles. The van der Waals surface area contributed by atoms with Gasteiger partial charge in [-0.15, -0.1) is 13.2 Å². The summed E-state index contributed by atoms with van der Waals surface area (Å²) in [4.78, 5) is 11.6. The number of halogens is 6. The third-order valence-corrected chi connectivity index (χ3v) is 2.93. The van der Waals surface area contributed by atoms with Gasteiger partial charge in [-0.05, 0) is 36.4 Å². The van der Waals surface area contributed by atoms with Gasteiger partial charge < -0.3 is 0 Å². The second-order valence-corrected chi connectivity index (χ2v) is 4.52. The van der Waals surface area contributed by atoms with Crippen molar-refractivity contribution in [3.05, 3.63) is 65.7 Å². The summed E-state index contributed by atoms with van der Waals surface area (Å²) >= 11 is 0. The number of rotatable bonds is 2. The summed E-state index contributed by atoms with van der Waals surface area (Å²) in [7, 11) is 0. The minimum atomic E-state index is -5.08. The molecule has 2 nitrogen and oxygen atoms in total. The first-order chi connectivity index (χ1) is 10.6. The molecule has 0 atom stereocenters. The van der Waals surface area contributed by atoms with Crippen LogP contribution in [-0.2, 0) is 6.18 Å². The van der Waals surface area contributed by atoms with Crippen LogP contribution in [0.1, 0.15) is 15.9 Å². The van der Waals surface area contributed by atoms with Gasteiger partial charge >= 0.3 is 12.5 Å². The van der Waals surface area contributed by atoms with Crippen LogP contribution in [0.5, 0.6) is 0 Å². The lowest BCUT2D eigenvalue weighted by Gasteiger charge is -2.25. The predicted molar refractivity (Wildman–Crippen MR) is 70.8 cm³/mol. The van der Waals surface area contributed by atoms with Crippen LogP contribution in [-0.4, -0.2) is 12.2 Å². The number of hydrogen-bond donors (Lipinski definition) is 0. The minimum absolute atomic E-state index is 0.232. The van der Waals surface area contributed by atoms with Gasteiger partial charge in [0, 0.05) is 5.56 Å². The van der Waals surface area contributed by atoms with Crippen LogP contribution in [0, 0.1) is 0 Å². The van der Waals surface area contributed by atoms with Gasteiger partial charge in [0.2, 0.25) is 0 Å². The Kier molecular flexibility index (Phi) is 4.35. The molecule has 0 aliphatic carbocycles. The molecule has 0 aliphatic heterocycles. The lowest BCUT2D eigenvalue weighted by atomic mass is 10.1. The average Bonchev–Trinajstić information content (AvgIpc) is 2.46. The highest BCUT2D eigenvalue weighted by Crippen LogP contribution is 2.34. The average molecular weight is 333 g/mol. The smallest absolute Gasteiger partial charge is 0.268 e. The van der Waals surface area contributed by atoms with Gasteiger partial charge in [0.25, 0.3) is 5.91 Å². The molecule has 0 radical (unpaired) electrons. The number of carbonyl (C=O) groups excluding carboxylic acids is 1. The molecule has 0 N–H and O–H groups in total. The van der Waals surface area contributed by atoms with Crippen molar-refractivity contribution < 1.29 is 31.1 Å². The summed E-state index contributed by atoms with van der Waals surface area (Å²) < 4.78 is 76.9. The third-order valence-electron chi connectivity index (χ3n) is 2.93. The van der Waals surface area contributed by atoms with Crippen LogP contribution in [0.4, 0.5) is 32.0 Å². The molecule has 0 unspecified atom stereocenters. The summed E-state index contributed by atoms with van der Waals surface area (Å²) in [5, 5.41) is 0. The quantitative estimate of drug-likeness (QED) is 0.567. The van der Waals surface area contributed by atoms with E-state index < -0.39 is 34.5 Å². The second kappa shape index (κ2) is 5.94. The van der Waals surface area contributed by atoms with Crippen LogP contribution in [0.2, 0.25) is 0 Å². The molecular formula is C15H9F6NO. The molecule has 0 bridgehead atoms. The number of hydrogen-bond acceptors (Lipinski definition) is 1. The molecule has 2 aromatic carbocycles. The van der Waals surface area contributed by atoms with Crippen molar-refractivity contribution >= 4 is 11.6 Å². The summed E-state index contributed by atoms with van der Waals surface area (Å²) in [6, 6.07) is 8.86. The van der Waals surface area contributed by atoms with E-state index in [-0.39, 0.29) is 5.56 Å². The monoisotopic (exact) mass is 333 g/mol. The molecule has 0 saturated carbocycles. The van der Waals surface area contributed by atoms with Gasteiger partial charge in [0.15, 0.2) is 0 Å². The lowest BCUT2D eigenvalue weighted by Crippen LogP contribution is -2.43. The van der Waals surface area contributed by atoms with Crippen LogP contribution in [0.25, 0.3) is 0 Å². The van der Waals surface area contributed by atoms with Gasteiger partial charge in [-0.25, -0.2) is 4.90 Å². The Balaban J connectivity index is 2.43. The van der Waals surface area contributed by atoms with E-state index in [0.717, 1.165) is 0 Å². The van der Waals surface area contributed by atoms with Crippen molar-refractivity contribution in [2.45, 2.75) is 12.5 Å². The zero-order chi connectivity index (χ0) is 17.3. The number of carbonyl (C=O) groups is 1. The van der Waals surface area contributed by atoms with E-state index in [2.05, 4.69) is 0 Å². The van der Waals surface area contributed by atoms with Crippen LogP contribution in [0.15, 0.2) is 54.6 Å². The molecule has 0 fully saturated rings. The number of amides is 1. The summed E-state index contributed by atoms with van der Waals surface area (Å²) in [5.41, 5.74) is -2.03. The maximum atomic E-state index is 13.2. The van der Waals surface area contributed by atoms with E-state index in [9.17, 15) is 31.1 Å². The third kappa shape index (κ3) is 3.82. The van der Waals surface area contributed by atoms with E-state index in [4.69, 9.17) is 0 Å². The van der Waals surface area contributed by atoms with E-state index in [1.165, 1.54) is 30.3 Å². The summed E-state index contributed by atoms with van der Waals surface area (Å²) in [6.45, 7) is 0. The first-order valence-corrected chi connectivity index (χ1v) is 6.24. The van der Waals surface area contributed by atoms with Gasteiger partial charge in [0.05, 0.1) is 11.3 Å². The SMILES string of the molecule is O=C(c1ccccc1)N(c1ccc(C(F)(F)F)cc1)C(F)(F)F. The number of alkyl halides is 6.